The molecule has 0 bridgehead atoms. The third kappa shape index (κ3) is 3.14. The maximum atomic E-state index is 9.30. The van der Waals surface area contributed by atoms with E-state index in [1.165, 1.54) is 10.8 Å². The van der Waals surface area contributed by atoms with Crippen LogP contribution in [0.3, 0.4) is 0 Å². The third-order valence-corrected chi connectivity index (χ3v) is 6.24. The summed E-state index contributed by atoms with van der Waals surface area (Å²) in [5, 5.41) is 25.6. The van der Waals surface area contributed by atoms with Crippen LogP contribution >= 0.6 is 0 Å². The quantitative estimate of drug-likeness (QED) is 0.276. The van der Waals surface area contributed by atoms with Crippen LogP contribution in [-0.4, -0.2) is 9.97 Å². The topological polar surface area (TPSA) is 73.4 Å². The van der Waals surface area contributed by atoms with Crippen molar-refractivity contribution in [3.05, 3.63) is 109 Å². The molecule has 6 aromatic rings. The first-order chi connectivity index (χ1) is 16.7. The fourth-order valence-corrected chi connectivity index (χ4v) is 4.63. The van der Waals surface area contributed by atoms with E-state index in [-0.39, 0.29) is 0 Å². The van der Waals surface area contributed by atoms with Crippen LogP contribution in [0.2, 0.25) is 0 Å². The van der Waals surface area contributed by atoms with E-state index < -0.39 is 0 Å². The van der Waals surface area contributed by atoms with E-state index >= 15 is 0 Å². The van der Waals surface area contributed by atoms with Crippen molar-refractivity contribution >= 4 is 32.3 Å². The van der Waals surface area contributed by atoms with Gasteiger partial charge in [-0.3, -0.25) is 9.97 Å². The van der Waals surface area contributed by atoms with E-state index in [0.717, 1.165) is 43.8 Å². The molecule has 0 amide bonds. The second kappa shape index (κ2) is 7.81. The second-order valence-corrected chi connectivity index (χ2v) is 8.21. The predicted octanol–water partition coefficient (Wildman–Crippen LogP) is 7.01. The van der Waals surface area contributed by atoms with Crippen molar-refractivity contribution in [2.45, 2.75) is 0 Å². The summed E-state index contributed by atoms with van der Waals surface area (Å²) >= 11 is 0. The molecule has 4 heteroatoms. The summed E-state index contributed by atoms with van der Waals surface area (Å²) in [4.78, 5) is 8.48. The molecule has 0 atom stereocenters. The highest BCUT2D eigenvalue weighted by molar-refractivity contribution is 6.26. The van der Waals surface area contributed by atoms with Gasteiger partial charge in [0.25, 0.3) is 0 Å². The molecule has 4 aromatic carbocycles. The van der Waals surface area contributed by atoms with Gasteiger partial charge in [0.15, 0.2) is 0 Å². The van der Waals surface area contributed by atoms with Crippen molar-refractivity contribution in [2.24, 2.45) is 0 Å². The number of fused-ring (bicyclic) bond motifs is 6. The van der Waals surface area contributed by atoms with Crippen LogP contribution in [0, 0.1) is 22.7 Å². The molecule has 6 rings (SSSR count). The average molecular weight is 432 g/mol. The lowest BCUT2D eigenvalue weighted by Crippen LogP contribution is -1.88. The first-order valence-corrected chi connectivity index (χ1v) is 10.8. The Kier molecular flexibility index (Phi) is 4.51. The normalized spacial score (nSPS) is 10.9. The lowest BCUT2D eigenvalue weighted by atomic mass is 9.90. The van der Waals surface area contributed by atoms with Crippen LogP contribution in [0.5, 0.6) is 0 Å². The molecule has 0 saturated carbocycles. The maximum Gasteiger partial charge on any atom is 0.101 e. The molecule has 0 fully saturated rings. The van der Waals surface area contributed by atoms with Gasteiger partial charge < -0.3 is 0 Å². The fraction of sp³-hybridized carbons (Fsp3) is 0. The summed E-state index contributed by atoms with van der Waals surface area (Å²) in [5.41, 5.74) is 4.90. The van der Waals surface area contributed by atoms with E-state index in [9.17, 15) is 10.5 Å². The lowest BCUT2D eigenvalue weighted by Gasteiger charge is -2.13. The molecule has 34 heavy (non-hydrogen) atoms. The minimum absolute atomic E-state index is 0.535. The smallest absolute Gasteiger partial charge is 0.101 e. The molecule has 0 N–H and O–H groups in total. The van der Waals surface area contributed by atoms with E-state index in [2.05, 4.69) is 82.8 Å². The molecule has 2 aromatic heterocycles. The average Bonchev–Trinajstić information content (AvgIpc) is 2.92. The Balaban J connectivity index is 1.69. The summed E-state index contributed by atoms with van der Waals surface area (Å²) in [6.45, 7) is 0. The SMILES string of the molecule is N#Cc1cncc(-c2ccc3c4ccccc4c4ccc(-c5cncc(C#N)c5)cc4c3c2)c1. The molecule has 0 unspecified atom stereocenters. The zero-order chi connectivity index (χ0) is 23.1. The Morgan fingerprint density at radius 1 is 0.441 bits per heavy atom. The van der Waals surface area contributed by atoms with Crippen molar-refractivity contribution in [3.63, 3.8) is 0 Å². The number of hydrogen-bond acceptors (Lipinski definition) is 4. The standard InChI is InChI=1S/C30H16N4/c31-13-19-9-23(17-33-15-19)21-5-7-27-25-3-1-2-4-26(25)28-8-6-22(12-30(28)29(27)11-21)24-10-20(14-32)16-34-18-24/h1-12,15-18H. The van der Waals surface area contributed by atoms with E-state index in [0.29, 0.717) is 11.1 Å². The number of benzene rings is 4. The molecule has 0 aliphatic heterocycles. The van der Waals surface area contributed by atoms with Crippen molar-refractivity contribution in [2.75, 3.05) is 0 Å². The highest BCUT2D eigenvalue weighted by Crippen LogP contribution is 2.38. The zero-order valence-electron chi connectivity index (χ0n) is 18.0. The van der Waals surface area contributed by atoms with Gasteiger partial charge in [-0.2, -0.15) is 10.5 Å². The number of aromatic nitrogens is 2. The van der Waals surface area contributed by atoms with Gasteiger partial charge in [-0.15, -0.1) is 0 Å². The van der Waals surface area contributed by atoms with Crippen LogP contribution in [0.15, 0.2) is 97.6 Å². The number of nitriles is 2. The van der Waals surface area contributed by atoms with Crippen LogP contribution in [0.25, 0.3) is 54.6 Å². The lowest BCUT2D eigenvalue weighted by molar-refractivity contribution is 1.30. The molecule has 2 heterocycles. The van der Waals surface area contributed by atoms with Gasteiger partial charge in [0, 0.05) is 35.9 Å². The van der Waals surface area contributed by atoms with Crippen LogP contribution in [0.4, 0.5) is 0 Å². The summed E-state index contributed by atoms with van der Waals surface area (Å²) < 4.78 is 0. The number of rotatable bonds is 2. The molecular formula is C30H16N4. The largest absolute Gasteiger partial charge is 0.263 e. The second-order valence-electron chi connectivity index (χ2n) is 8.21. The minimum Gasteiger partial charge on any atom is -0.263 e. The van der Waals surface area contributed by atoms with Gasteiger partial charge in [0.05, 0.1) is 11.1 Å². The van der Waals surface area contributed by atoms with Crippen molar-refractivity contribution in [1.29, 1.82) is 10.5 Å². The Morgan fingerprint density at radius 3 is 1.32 bits per heavy atom. The number of hydrogen-bond donors (Lipinski definition) is 0. The zero-order valence-corrected chi connectivity index (χ0v) is 18.0. The van der Waals surface area contributed by atoms with Crippen molar-refractivity contribution < 1.29 is 0 Å². The fourth-order valence-electron chi connectivity index (χ4n) is 4.63. The van der Waals surface area contributed by atoms with Gasteiger partial charge in [-0.05, 0) is 67.7 Å². The maximum absolute atomic E-state index is 9.30. The Bertz CT molecular complexity index is 1700. The summed E-state index contributed by atoms with van der Waals surface area (Å²) in [5.74, 6) is 0. The van der Waals surface area contributed by atoms with Gasteiger partial charge in [0.1, 0.15) is 12.1 Å². The highest BCUT2D eigenvalue weighted by Gasteiger charge is 2.12. The monoisotopic (exact) mass is 432 g/mol. The Hall–Kier alpha value is -5.06. The summed E-state index contributed by atoms with van der Waals surface area (Å²) in [6.07, 6.45) is 6.72. The van der Waals surface area contributed by atoms with Gasteiger partial charge in [-0.1, -0.05) is 48.5 Å². The van der Waals surface area contributed by atoms with E-state index in [1.54, 1.807) is 24.8 Å². The first kappa shape index (κ1) is 19.6. The van der Waals surface area contributed by atoms with Gasteiger partial charge in [0.2, 0.25) is 0 Å². The minimum atomic E-state index is 0.535. The molecule has 0 radical (unpaired) electrons. The molecule has 0 spiro atoms. The van der Waals surface area contributed by atoms with Gasteiger partial charge in [-0.25, -0.2) is 0 Å². The number of nitrogens with zero attached hydrogens (tertiary/aromatic N) is 4. The molecular weight excluding hydrogens is 416 g/mol. The third-order valence-electron chi connectivity index (χ3n) is 6.24. The molecule has 0 aliphatic carbocycles. The molecule has 4 nitrogen and oxygen atoms in total. The molecule has 0 aliphatic rings. The predicted molar refractivity (Wildman–Crippen MR) is 135 cm³/mol. The van der Waals surface area contributed by atoms with Crippen LogP contribution in [-0.2, 0) is 0 Å². The first-order valence-electron chi connectivity index (χ1n) is 10.8. The Labute approximate surface area is 196 Å². The molecule has 156 valence electrons. The van der Waals surface area contributed by atoms with Gasteiger partial charge >= 0.3 is 0 Å². The Morgan fingerprint density at radius 2 is 0.882 bits per heavy atom. The van der Waals surface area contributed by atoms with Crippen molar-refractivity contribution in [1.82, 2.24) is 9.97 Å². The van der Waals surface area contributed by atoms with Crippen molar-refractivity contribution in [3.8, 4) is 34.4 Å². The van der Waals surface area contributed by atoms with E-state index in [1.807, 2.05) is 12.1 Å². The molecule has 0 saturated heterocycles. The summed E-state index contributed by atoms with van der Waals surface area (Å²) in [7, 11) is 0. The highest BCUT2D eigenvalue weighted by atomic mass is 14.6. The van der Waals surface area contributed by atoms with Crippen LogP contribution in [0.1, 0.15) is 11.1 Å². The number of pyridine rings is 2. The van der Waals surface area contributed by atoms with Crippen LogP contribution < -0.4 is 0 Å². The summed E-state index contributed by atoms with van der Waals surface area (Å²) in [6, 6.07) is 29.3. The van der Waals surface area contributed by atoms with E-state index in [4.69, 9.17) is 0 Å².